The van der Waals surface area contributed by atoms with Crippen molar-refractivity contribution in [1.82, 2.24) is 15.0 Å². The van der Waals surface area contributed by atoms with Gasteiger partial charge in [-0.1, -0.05) is 30.3 Å². The van der Waals surface area contributed by atoms with Gasteiger partial charge in [-0.2, -0.15) is 0 Å². The molecule has 4 nitrogen and oxygen atoms in total. The number of pyridine rings is 1. The Kier molecular flexibility index (Phi) is 3.32. The number of aromatic nitrogens is 3. The summed E-state index contributed by atoms with van der Waals surface area (Å²) in [6, 6.07) is 14.1. The number of rotatable bonds is 4. The van der Waals surface area contributed by atoms with Crippen molar-refractivity contribution in [2.75, 3.05) is 5.32 Å². The summed E-state index contributed by atoms with van der Waals surface area (Å²) in [6.07, 6.45) is 4.12. The lowest BCUT2D eigenvalue weighted by Gasteiger charge is -2.06. The Morgan fingerprint density at radius 1 is 0.947 bits per heavy atom. The number of nitrogens with zero attached hydrogens (tertiary/aromatic N) is 3. The molecule has 0 aliphatic rings. The van der Waals surface area contributed by atoms with Crippen LogP contribution in [0, 0.1) is 6.54 Å². The Morgan fingerprint density at radius 2 is 1.84 bits per heavy atom. The molecule has 0 aliphatic carbocycles. The largest absolute Gasteiger partial charge is 0.363 e. The minimum absolute atomic E-state index is 0.738. The second kappa shape index (κ2) is 5.44. The third kappa shape index (κ3) is 2.68. The van der Waals surface area contributed by atoms with Gasteiger partial charge < -0.3 is 5.32 Å². The highest BCUT2D eigenvalue weighted by molar-refractivity contribution is 5.84. The maximum absolute atomic E-state index is 4.30. The van der Waals surface area contributed by atoms with Crippen LogP contribution < -0.4 is 5.32 Å². The first-order valence-electron chi connectivity index (χ1n) is 6.11. The molecule has 0 aliphatic heterocycles. The molecular weight excluding hydrogens is 236 g/mol. The summed E-state index contributed by atoms with van der Waals surface area (Å²) in [5.41, 5.74) is 2.88. The van der Waals surface area contributed by atoms with Crippen molar-refractivity contribution in [2.45, 2.75) is 6.42 Å². The van der Waals surface area contributed by atoms with Crippen LogP contribution in [0.5, 0.6) is 0 Å². The lowest BCUT2D eigenvalue weighted by atomic mass is 10.1. The minimum atomic E-state index is 0.738. The Labute approximate surface area is 111 Å². The number of hydrogen-bond acceptors (Lipinski definition) is 4. The fraction of sp³-hybridized carbons (Fsp3) is 0.0667. The SMILES string of the molecule is [CH](Cc1ccccc1)Nc1ncnc2cccnc12. The lowest BCUT2D eigenvalue weighted by Crippen LogP contribution is -2.02. The van der Waals surface area contributed by atoms with Crippen LogP contribution in [0.4, 0.5) is 5.82 Å². The standard InChI is InChI=1S/C15H13N4/c1-2-5-12(6-3-1)8-10-17-15-14-13(18-11-19-15)7-4-9-16-14/h1-7,9-11H,8H2,(H,17,18,19). The molecule has 0 atom stereocenters. The van der Waals surface area contributed by atoms with E-state index in [0.29, 0.717) is 0 Å². The van der Waals surface area contributed by atoms with Crippen molar-refractivity contribution in [3.8, 4) is 0 Å². The predicted octanol–water partition coefficient (Wildman–Crippen LogP) is 2.84. The number of hydrogen-bond donors (Lipinski definition) is 1. The molecule has 0 spiro atoms. The number of nitrogens with one attached hydrogen (secondary N) is 1. The van der Waals surface area contributed by atoms with E-state index in [1.807, 2.05) is 36.9 Å². The van der Waals surface area contributed by atoms with Crippen LogP contribution in [-0.2, 0) is 6.42 Å². The maximum atomic E-state index is 4.30. The molecule has 4 heteroatoms. The quantitative estimate of drug-likeness (QED) is 0.772. The molecule has 3 aromatic rings. The second-order valence-corrected chi connectivity index (χ2v) is 4.13. The average Bonchev–Trinajstić information content (AvgIpc) is 2.49. The van der Waals surface area contributed by atoms with Crippen LogP contribution in [0.3, 0.4) is 0 Å². The van der Waals surface area contributed by atoms with E-state index in [0.717, 1.165) is 23.3 Å². The molecule has 3 rings (SSSR count). The smallest absolute Gasteiger partial charge is 0.156 e. The van der Waals surface area contributed by atoms with Gasteiger partial charge in [0.05, 0.1) is 12.1 Å². The van der Waals surface area contributed by atoms with E-state index in [-0.39, 0.29) is 0 Å². The molecule has 2 aromatic heterocycles. The van der Waals surface area contributed by atoms with Crippen molar-refractivity contribution in [2.24, 2.45) is 0 Å². The van der Waals surface area contributed by atoms with Gasteiger partial charge in [0.15, 0.2) is 5.82 Å². The molecule has 0 saturated carbocycles. The zero-order chi connectivity index (χ0) is 12.9. The van der Waals surface area contributed by atoms with E-state index in [1.165, 1.54) is 5.56 Å². The first-order chi connectivity index (χ1) is 9.43. The van der Waals surface area contributed by atoms with Crippen LogP contribution in [0.25, 0.3) is 11.0 Å². The summed E-state index contributed by atoms with van der Waals surface area (Å²) < 4.78 is 0. The van der Waals surface area contributed by atoms with E-state index >= 15 is 0 Å². The topological polar surface area (TPSA) is 50.7 Å². The lowest BCUT2D eigenvalue weighted by molar-refractivity contribution is 1.11. The molecule has 0 bridgehead atoms. The van der Waals surface area contributed by atoms with Gasteiger partial charge in [0, 0.05) is 6.20 Å². The highest BCUT2D eigenvalue weighted by atomic mass is 15.0. The summed E-state index contributed by atoms with van der Waals surface area (Å²) >= 11 is 0. The molecule has 1 N–H and O–H groups in total. The van der Waals surface area contributed by atoms with Gasteiger partial charge in [-0.15, -0.1) is 0 Å². The van der Waals surface area contributed by atoms with Crippen molar-refractivity contribution in [3.05, 3.63) is 67.1 Å². The normalized spacial score (nSPS) is 10.5. The Balaban J connectivity index is 1.72. The molecule has 93 valence electrons. The maximum Gasteiger partial charge on any atom is 0.156 e. The van der Waals surface area contributed by atoms with Crippen molar-refractivity contribution >= 4 is 16.9 Å². The van der Waals surface area contributed by atoms with Crippen LogP contribution >= 0.6 is 0 Å². The van der Waals surface area contributed by atoms with Crippen LogP contribution in [0.2, 0.25) is 0 Å². The van der Waals surface area contributed by atoms with Crippen LogP contribution in [0.15, 0.2) is 55.0 Å². The molecule has 0 unspecified atom stereocenters. The Bertz CT molecular complexity index is 662. The minimum Gasteiger partial charge on any atom is -0.363 e. The van der Waals surface area contributed by atoms with Gasteiger partial charge in [0.1, 0.15) is 11.8 Å². The summed E-state index contributed by atoms with van der Waals surface area (Å²) in [7, 11) is 0. The Morgan fingerprint density at radius 3 is 2.74 bits per heavy atom. The van der Waals surface area contributed by atoms with E-state index in [4.69, 9.17) is 0 Å². The van der Waals surface area contributed by atoms with Crippen LogP contribution in [-0.4, -0.2) is 15.0 Å². The monoisotopic (exact) mass is 249 g/mol. The van der Waals surface area contributed by atoms with Gasteiger partial charge in [-0.05, 0) is 24.1 Å². The van der Waals surface area contributed by atoms with Crippen molar-refractivity contribution in [3.63, 3.8) is 0 Å². The van der Waals surface area contributed by atoms with E-state index in [2.05, 4.69) is 32.4 Å². The summed E-state index contributed by atoms with van der Waals surface area (Å²) in [5.74, 6) is 0.738. The highest BCUT2D eigenvalue weighted by Gasteiger charge is 2.03. The fourth-order valence-electron chi connectivity index (χ4n) is 1.88. The highest BCUT2D eigenvalue weighted by Crippen LogP contribution is 2.16. The zero-order valence-corrected chi connectivity index (χ0v) is 10.3. The second-order valence-electron chi connectivity index (χ2n) is 4.13. The molecular formula is C15H13N4. The third-order valence-corrected chi connectivity index (χ3v) is 2.81. The summed E-state index contributed by atoms with van der Waals surface area (Å²) in [4.78, 5) is 12.7. The van der Waals surface area contributed by atoms with Gasteiger partial charge in [-0.25, -0.2) is 9.97 Å². The van der Waals surface area contributed by atoms with Gasteiger partial charge >= 0.3 is 0 Å². The van der Waals surface area contributed by atoms with Crippen LogP contribution in [0.1, 0.15) is 5.56 Å². The van der Waals surface area contributed by atoms with Gasteiger partial charge in [-0.3, -0.25) is 4.98 Å². The van der Waals surface area contributed by atoms with Gasteiger partial charge in [0.25, 0.3) is 0 Å². The zero-order valence-electron chi connectivity index (χ0n) is 10.3. The molecule has 1 radical (unpaired) electrons. The molecule has 1 aromatic carbocycles. The first-order valence-corrected chi connectivity index (χ1v) is 6.11. The Hall–Kier alpha value is -2.49. The van der Waals surface area contributed by atoms with Crippen molar-refractivity contribution in [1.29, 1.82) is 0 Å². The first kappa shape index (κ1) is 11.6. The third-order valence-electron chi connectivity index (χ3n) is 2.81. The molecule has 19 heavy (non-hydrogen) atoms. The summed E-state index contributed by atoms with van der Waals surface area (Å²) in [5, 5.41) is 3.20. The van der Waals surface area contributed by atoms with Gasteiger partial charge in [0.2, 0.25) is 0 Å². The molecule has 0 amide bonds. The molecule has 0 fully saturated rings. The van der Waals surface area contributed by atoms with Crippen molar-refractivity contribution < 1.29 is 0 Å². The van der Waals surface area contributed by atoms with E-state index in [1.54, 1.807) is 12.5 Å². The fourth-order valence-corrected chi connectivity index (χ4v) is 1.88. The van der Waals surface area contributed by atoms with E-state index < -0.39 is 0 Å². The number of anilines is 1. The number of benzene rings is 1. The summed E-state index contributed by atoms with van der Waals surface area (Å²) in [6.45, 7) is 1.98. The number of fused-ring (bicyclic) bond motifs is 1. The predicted molar refractivity (Wildman–Crippen MR) is 75.4 cm³/mol. The van der Waals surface area contributed by atoms with E-state index in [9.17, 15) is 0 Å². The molecule has 0 saturated heterocycles. The molecule has 2 heterocycles. The average molecular weight is 249 g/mol.